The van der Waals surface area contributed by atoms with Gasteiger partial charge in [-0.1, -0.05) is 18.2 Å². The van der Waals surface area contributed by atoms with Crippen LogP contribution in [0.25, 0.3) is 22.6 Å². The molecule has 14 heteroatoms. The molecule has 1 aliphatic rings. The molecule has 1 saturated heterocycles. The molecule has 3 aromatic heterocycles. The molecule has 1 aromatic carbocycles. The zero-order valence-corrected chi connectivity index (χ0v) is 24.8. The quantitative estimate of drug-likeness (QED) is 0.224. The van der Waals surface area contributed by atoms with Crippen LogP contribution in [0.4, 0.5) is 10.6 Å². The zero-order valence-electron chi connectivity index (χ0n) is 24.8. The normalized spacial score (nSPS) is 15.7. The third kappa shape index (κ3) is 6.87. The molecule has 2 atom stereocenters. The fraction of sp³-hybridized carbons (Fsp3) is 0.414. The summed E-state index contributed by atoms with van der Waals surface area (Å²) in [6.45, 7) is 8.54. The first kappa shape index (κ1) is 29.8. The Labute approximate surface area is 248 Å². The zero-order chi connectivity index (χ0) is 30.5. The van der Waals surface area contributed by atoms with E-state index < -0.39 is 12.4 Å². The van der Waals surface area contributed by atoms with Crippen molar-refractivity contribution < 1.29 is 23.9 Å². The van der Waals surface area contributed by atoms with E-state index >= 15 is 0 Å². The Kier molecular flexibility index (Phi) is 9.07. The van der Waals surface area contributed by atoms with Gasteiger partial charge in [0.1, 0.15) is 5.69 Å². The minimum Gasteiger partial charge on any atom is -0.432 e. The summed E-state index contributed by atoms with van der Waals surface area (Å²) in [6.07, 6.45) is 3.02. The molecule has 1 N–H and O–H groups in total. The first-order valence-corrected chi connectivity index (χ1v) is 14.1. The highest BCUT2D eigenvalue weighted by atomic mass is 16.7. The number of amides is 1. The summed E-state index contributed by atoms with van der Waals surface area (Å²) in [6, 6.07) is 10.9. The van der Waals surface area contributed by atoms with Gasteiger partial charge in [-0.05, 0) is 81.6 Å². The van der Waals surface area contributed by atoms with Crippen molar-refractivity contribution in [3.8, 4) is 22.6 Å². The third-order valence-corrected chi connectivity index (χ3v) is 6.81. The number of pyridine rings is 1. The summed E-state index contributed by atoms with van der Waals surface area (Å²) >= 11 is 0. The van der Waals surface area contributed by atoms with Crippen LogP contribution >= 0.6 is 0 Å². The number of nitrogens with one attached hydrogen (secondary N) is 1. The topological polar surface area (TPSA) is 151 Å². The second-order valence-electron chi connectivity index (χ2n) is 10.5. The van der Waals surface area contributed by atoms with E-state index in [4.69, 9.17) is 14.3 Å². The number of tetrazole rings is 1. The number of anilines is 1. The predicted octanol–water partition coefficient (Wildman–Crippen LogP) is 3.85. The van der Waals surface area contributed by atoms with Crippen LogP contribution in [-0.4, -0.2) is 72.3 Å². The molecule has 0 saturated carbocycles. The van der Waals surface area contributed by atoms with Gasteiger partial charge in [0.25, 0.3) is 5.91 Å². The number of piperidine rings is 1. The number of hydrogen-bond donors (Lipinski definition) is 1. The molecule has 1 aliphatic heterocycles. The average Bonchev–Trinajstić information content (AvgIpc) is 3.63. The van der Waals surface area contributed by atoms with Gasteiger partial charge in [0, 0.05) is 30.9 Å². The first-order valence-electron chi connectivity index (χ1n) is 14.1. The lowest BCUT2D eigenvalue weighted by atomic mass is 10.0. The summed E-state index contributed by atoms with van der Waals surface area (Å²) in [7, 11) is 1.77. The van der Waals surface area contributed by atoms with Crippen molar-refractivity contribution in [3.63, 3.8) is 0 Å². The van der Waals surface area contributed by atoms with E-state index in [2.05, 4.69) is 30.8 Å². The van der Waals surface area contributed by atoms with Crippen molar-refractivity contribution in [2.24, 2.45) is 7.05 Å². The van der Waals surface area contributed by atoms with Gasteiger partial charge >= 0.3 is 6.16 Å². The summed E-state index contributed by atoms with van der Waals surface area (Å²) in [5.41, 5.74) is 3.38. The van der Waals surface area contributed by atoms with E-state index in [1.54, 1.807) is 57.0 Å². The molecule has 0 bridgehead atoms. The lowest BCUT2D eigenvalue weighted by Crippen LogP contribution is -2.43. The van der Waals surface area contributed by atoms with Crippen LogP contribution in [0.1, 0.15) is 55.8 Å². The van der Waals surface area contributed by atoms with Crippen molar-refractivity contribution in [3.05, 3.63) is 59.9 Å². The van der Waals surface area contributed by atoms with Crippen LogP contribution in [-0.2, 0) is 21.4 Å². The van der Waals surface area contributed by atoms with Gasteiger partial charge in [-0.25, -0.2) is 9.78 Å². The molecular weight excluding hydrogens is 554 g/mol. The van der Waals surface area contributed by atoms with Crippen molar-refractivity contribution in [1.82, 2.24) is 40.3 Å². The molecule has 5 rings (SSSR count). The molecule has 4 aromatic rings. The number of aromatic nitrogens is 7. The Morgan fingerprint density at radius 2 is 1.91 bits per heavy atom. The van der Waals surface area contributed by atoms with Crippen molar-refractivity contribution >= 4 is 17.9 Å². The van der Waals surface area contributed by atoms with E-state index in [1.165, 1.54) is 9.86 Å². The van der Waals surface area contributed by atoms with Gasteiger partial charge in [-0.15, -0.1) is 15.0 Å². The number of carbonyl (C=O) groups is 2. The molecule has 226 valence electrons. The van der Waals surface area contributed by atoms with Crippen LogP contribution in [0.2, 0.25) is 0 Å². The molecule has 4 heterocycles. The van der Waals surface area contributed by atoms with Crippen LogP contribution in [0.3, 0.4) is 0 Å². The number of rotatable bonds is 9. The highest BCUT2D eigenvalue weighted by Crippen LogP contribution is 2.30. The number of hydrogen-bond acceptors (Lipinski definition) is 11. The van der Waals surface area contributed by atoms with E-state index in [-0.39, 0.29) is 23.9 Å². The highest BCUT2D eigenvalue weighted by Gasteiger charge is 2.27. The number of benzene rings is 1. The van der Waals surface area contributed by atoms with E-state index in [9.17, 15) is 9.59 Å². The fourth-order valence-electron chi connectivity index (χ4n) is 4.65. The van der Waals surface area contributed by atoms with E-state index in [0.29, 0.717) is 23.6 Å². The van der Waals surface area contributed by atoms with E-state index in [1.807, 2.05) is 31.2 Å². The standard InChI is InChI=1S/C29H35N9O5/c1-18(2)41-29(40)42-20(4)38-34-26(33-35-38)25-24(17-32-36(25)5)21-10-12-22(13-11-21)28(39)37(27-19(3)8-6-15-31-27)43-23-9-7-14-30-16-23/h6,8,10-13,15,17-18,20,23,30H,7,9,14,16H2,1-5H3/t20?,23-/m1/s1. The minimum atomic E-state index is -0.841. The SMILES string of the molecule is Cc1cccnc1N(O[C@@H]1CCCNC1)C(=O)c1ccc(-c2cnn(C)c2-c2nnn(C(C)OC(=O)OC(C)C)n2)cc1. The molecule has 0 radical (unpaired) electrons. The van der Waals surface area contributed by atoms with Crippen molar-refractivity contribution in [2.75, 3.05) is 18.2 Å². The molecule has 1 unspecified atom stereocenters. The lowest BCUT2D eigenvalue weighted by molar-refractivity contribution is -0.0197. The Morgan fingerprint density at radius 3 is 2.60 bits per heavy atom. The second kappa shape index (κ2) is 13.1. The van der Waals surface area contributed by atoms with Crippen LogP contribution in [0.5, 0.6) is 0 Å². The van der Waals surface area contributed by atoms with Crippen LogP contribution in [0, 0.1) is 6.92 Å². The van der Waals surface area contributed by atoms with Crippen LogP contribution < -0.4 is 10.4 Å². The van der Waals surface area contributed by atoms with Crippen LogP contribution in [0.15, 0.2) is 48.8 Å². The van der Waals surface area contributed by atoms with Gasteiger partial charge < -0.3 is 14.8 Å². The van der Waals surface area contributed by atoms with Gasteiger partial charge in [0.05, 0.1) is 18.4 Å². The maximum absolute atomic E-state index is 13.8. The smallest absolute Gasteiger partial charge is 0.432 e. The molecule has 1 fully saturated rings. The van der Waals surface area contributed by atoms with Gasteiger partial charge in [0.2, 0.25) is 12.1 Å². The molecule has 0 aliphatic carbocycles. The van der Waals surface area contributed by atoms with E-state index in [0.717, 1.165) is 36.1 Å². The number of carbonyl (C=O) groups excluding carboxylic acids is 2. The largest absolute Gasteiger partial charge is 0.510 e. The lowest BCUT2D eigenvalue weighted by Gasteiger charge is -2.29. The predicted molar refractivity (Wildman–Crippen MR) is 156 cm³/mol. The molecule has 0 spiro atoms. The second-order valence-corrected chi connectivity index (χ2v) is 10.5. The maximum atomic E-state index is 13.8. The summed E-state index contributed by atoms with van der Waals surface area (Å²) in [5.74, 6) is 0.426. The Balaban J connectivity index is 1.37. The first-order chi connectivity index (χ1) is 20.7. The van der Waals surface area contributed by atoms with Crippen molar-refractivity contribution in [1.29, 1.82) is 0 Å². The average molecular weight is 590 g/mol. The van der Waals surface area contributed by atoms with Gasteiger partial charge in [-0.2, -0.15) is 10.2 Å². The Morgan fingerprint density at radius 1 is 1.12 bits per heavy atom. The van der Waals surface area contributed by atoms with Gasteiger partial charge in [-0.3, -0.25) is 14.3 Å². The van der Waals surface area contributed by atoms with Gasteiger partial charge in [0.15, 0.2) is 5.82 Å². The molecule has 1 amide bonds. The van der Waals surface area contributed by atoms with Crippen molar-refractivity contribution in [2.45, 2.75) is 59.0 Å². The fourth-order valence-corrected chi connectivity index (χ4v) is 4.65. The molecule has 43 heavy (non-hydrogen) atoms. The number of hydroxylamine groups is 1. The summed E-state index contributed by atoms with van der Waals surface area (Å²) in [5, 5.41) is 21.6. The third-order valence-electron chi connectivity index (χ3n) is 6.81. The number of aryl methyl sites for hydroxylation is 2. The monoisotopic (exact) mass is 589 g/mol. The summed E-state index contributed by atoms with van der Waals surface area (Å²) < 4.78 is 11.9. The maximum Gasteiger partial charge on any atom is 0.510 e. The molecular formula is C29H35N9O5. The minimum absolute atomic E-state index is 0.147. The molecule has 14 nitrogen and oxygen atoms in total. The number of ether oxygens (including phenoxy) is 2. The number of nitrogens with zero attached hydrogens (tertiary/aromatic N) is 8. The summed E-state index contributed by atoms with van der Waals surface area (Å²) in [4.78, 5) is 37.5. The highest BCUT2D eigenvalue weighted by molar-refractivity contribution is 6.04. The Bertz CT molecular complexity index is 1560. The Hall–Kier alpha value is -4.69.